The highest BCUT2D eigenvalue weighted by Crippen LogP contribution is 2.33. The van der Waals surface area contributed by atoms with Crippen molar-refractivity contribution in [3.05, 3.63) is 24.0 Å². The monoisotopic (exact) mass is 289 g/mol. The average Bonchev–Trinajstić information content (AvgIpc) is 2.48. The van der Waals surface area contributed by atoms with Crippen LogP contribution < -0.4 is 11.1 Å². The van der Waals surface area contributed by atoms with E-state index in [1.165, 1.54) is 0 Å². The normalized spacial score (nSPS) is 19.5. The van der Waals surface area contributed by atoms with Crippen LogP contribution in [0.25, 0.3) is 0 Å². The molecule has 1 saturated heterocycles. The lowest BCUT2D eigenvalue weighted by atomic mass is 9.94. The number of amidine groups is 1. The number of piperidine rings is 1. The van der Waals surface area contributed by atoms with Crippen LogP contribution in [-0.2, 0) is 4.74 Å². The Bertz CT molecular complexity index is 578. The van der Waals surface area contributed by atoms with Crippen LogP contribution in [0.3, 0.4) is 0 Å². The number of aromatic nitrogens is 1. The molecule has 1 fully saturated rings. The summed E-state index contributed by atoms with van der Waals surface area (Å²) >= 11 is 0. The van der Waals surface area contributed by atoms with Gasteiger partial charge in [0.2, 0.25) is 0 Å². The van der Waals surface area contributed by atoms with E-state index in [4.69, 9.17) is 10.5 Å². The summed E-state index contributed by atoms with van der Waals surface area (Å²) in [7, 11) is 0. The fraction of sp³-hybridized carbons (Fsp3) is 0.500. The minimum Gasteiger partial charge on any atom is -0.450 e. The molecule has 2 aliphatic rings. The molecule has 112 valence electrons. The molecule has 21 heavy (non-hydrogen) atoms. The number of carbonyl (C=O) groups excluding carboxylic acids is 1. The molecular formula is C14H19N5O2. The van der Waals surface area contributed by atoms with E-state index in [1.807, 2.05) is 6.07 Å². The standard InChI is InChI=1S/C14H19N5O2/c1-2-21-13(20)19-7-4-14(5-8-19)17-11-9-16-6-3-10(11)12(15)18-14/h3,6,9,17H,2,4-5,7-8H2,1H3,(H2,15,18). The number of fused-ring (bicyclic) bond motifs is 1. The second-order valence-electron chi connectivity index (χ2n) is 5.26. The van der Waals surface area contributed by atoms with Crippen LogP contribution in [0.5, 0.6) is 0 Å². The van der Waals surface area contributed by atoms with Gasteiger partial charge < -0.3 is 20.7 Å². The minimum atomic E-state index is -0.441. The Morgan fingerprint density at radius 2 is 2.29 bits per heavy atom. The summed E-state index contributed by atoms with van der Waals surface area (Å²) in [5, 5.41) is 3.43. The predicted molar refractivity (Wildman–Crippen MR) is 79.1 cm³/mol. The molecule has 7 heteroatoms. The van der Waals surface area contributed by atoms with E-state index in [-0.39, 0.29) is 6.09 Å². The zero-order valence-electron chi connectivity index (χ0n) is 12.0. The third-order valence-electron chi connectivity index (χ3n) is 3.92. The Morgan fingerprint density at radius 1 is 1.52 bits per heavy atom. The van der Waals surface area contributed by atoms with Crippen molar-refractivity contribution in [3.63, 3.8) is 0 Å². The van der Waals surface area contributed by atoms with Gasteiger partial charge in [-0.05, 0) is 13.0 Å². The lowest BCUT2D eigenvalue weighted by Gasteiger charge is -2.42. The molecule has 0 bridgehead atoms. The third kappa shape index (κ3) is 2.51. The number of nitrogens with zero attached hydrogens (tertiary/aromatic N) is 3. The number of carbonyl (C=O) groups is 1. The van der Waals surface area contributed by atoms with E-state index in [0.717, 1.165) is 11.3 Å². The minimum absolute atomic E-state index is 0.262. The van der Waals surface area contributed by atoms with Gasteiger partial charge >= 0.3 is 6.09 Å². The van der Waals surface area contributed by atoms with Gasteiger partial charge in [0.25, 0.3) is 0 Å². The Hall–Kier alpha value is -2.31. The van der Waals surface area contributed by atoms with Gasteiger partial charge in [-0.3, -0.25) is 4.98 Å². The van der Waals surface area contributed by atoms with Crippen molar-refractivity contribution in [3.8, 4) is 0 Å². The molecule has 1 amide bonds. The number of hydrogen-bond donors (Lipinski definition) is 2. The number of ether oxygens (including phenoxy) is 1. The summed E-state index contributed by atoms with van der Waals surface area (Å²) < 4.78 is 5.03. The summed E-state index contributed by atoms with van der Waals surface area (Å²) in [6.45, 7) is 3.39. The maximum absolute atomic E-state index is 11.7. The van der Waals surface area contributed by atoms with Crippen molar-refractivity contribution in [1.29, 1.82) is 0 Å². The van der Waals surface area contributed by atoms with E-state index in [0.29, 0.717) is 38.4 Å². The second-order valence-corrected chi connectivity index (χ2v) is 5.26. The smallest absolute Gasteiger partial charge is 0.409 e. The molecule has 0 saturated carbocycles. The topological polar surface area (TPSA) is 92.8 Å². The van der Waals surface area contributed by atoms with Gasteiger partial charge in [0.15, 0.2) is 0 Å². The highest BCUT2D eigenvalue weighted by molar-refractivity contribution is 6.04. The maximum atomic E-state index is 11.7. The lowest BCUT2D eigenvalue weighted by molar-refractivity contribution is 0.0906. The van der Waals surface area contributed by atoms with Gasteiger partial charge in [-0.15, -0.1) is 0 Å². The molecule has 1 aromatic rings. The lowest BCUT2D eigenvalue weighted by Crippen LogP contribution is -2.52. The first-order valence-electron chi connectivity index (χ1n) is 7.13. The van der Waals surface area contributed by atoms with Gasteiger partial charge in [0.1, 0.15) is 11.5 Å². The van der Waals surface area contributed by atoms with Gasteiger partial charge in [-0.2, -0.15) is 0 Å². The quantitative estimate of drug-likeness (QED) is 0.809. The Morgan fingerprint density at radius 3 is 3.00 bits per heavy atom. The molecule has 0 radical (unpaired) electrons. The highest BCUT2D eigenvalue weighted by Gasteiger charge is 2.39. The number of aliphatic imine (C=N–C) groups is 1. The number of anilines is 1. The molecule has 7 nitrogen and oxygen atoms in total. The molecule has 1 aromatic heterocycles. The van der Waals surface area contributed by atoms with Crippen molar-refractivity contribution >= 4 is 17.6 Å². The maximum Gasteiger partial charge on any atom is 0.409 e. The van der Waals surface area contributed by atoms with Crippen molar-refractivity contribution in [1.82, 2.24) is 9.88 Å². The first kappa shape index (κ1) is 13.7. The highest BCUT2D eigenvalue weighted by atomic mass is 16.6. The molecular weight excluding hydrogens is 270 g/mol. The first-order valence-corrected chi connectivity index (χ1v) is 7.13. The molecule has 3 rings (SSSR count). The second kappa shape index (κ2) is 5.23. The summed E-state index contributed by atoms with van der Waals surface area (Å²) in [6, 6.07) is 1.85. The van der Waals surface area contributed by atoms with Gasteiger partial charge in [-0.1, -0.05) is 0 Å². The van der Waals surface area contributed by atoms with E-state index in [9.17, 15) is 4.79 Å². The molecule has 3 heterocycles. The zero-order valence-corrected chi connectivity index (χ0v) is 12.0. The summed E-state index contributed by atoms with van der Waals surface area (Å²) in [6.07, 6.45) is 4.59. The predicted octanol–water partition coefficient (Wildman–Crippen LogP) is 1.16. The number of nitrogens with one attached hydrogen (secondary N) is 1. The Balaban J connectivity index is 1.75. The average molecular weight is 289 g/mol. The van der Waals surface area contributed by atoms with Gasteiger partial charge in [0.05, 0.1) is 18.5 Å². The number of pyridine rings is 1. The molecule has 0 atom stereocenters. The fourth-order valence-corrected chi connectivity index (χ4v) is 2.80. The van der Waals surface area contributed by atoms with Crippen LogP contribution in [0.1, 0.15) is 25.3 Å². The molecule has 0 unspecified atom stereocenters. The number of hydrogen-bond acceptors (Lipinski definition) is 6. The van der Waals surface area contributed by atoms with Gasteiger partial charge in [-0.25, -0.2) is 9.79 Å². The van der Waals surface area contributed by atoms with Crippen LogP contribution >= 0.6 is 0 Å². The molecule has 2 aliphatic heterocycles. The fourth-order valence-electron chi connectivity index (χ4n) is 2.80. The molecule has 0 aliphatic carbocycles. The summed E-state index contributed by atoms with van der Waals surface area (Å²) in [5.41, 5.74) is 7.41. The largest absolute Gasteiger partial charge is 0.450 e. The van der Waals surface area contributed by atoms with Crippen LogP contribution in [-0.4, -0.2) is 47.2 Å². The van der Waals surface area contributed by atoms with Crippen LogP contribution in [0.2, 0.25) is 0 Å². The summed E-state index contributed by atoms with van der Waals surface area (Å²) in [4.78, 5) is 22.2. The zero-order chi connectivity index (χ0) is 14.9. The van der Waals surface area contributed by atoms with Gasteiger partial charge in [0, 0.05) is 37.7 Å². The van der Waals surface area contributed by atoms with E-state index < -0.39 is 5.66 Å². The van der Waals surface area contributed by atoms with Crippen molar-refractivity contribution in [2.45, 2.75) is 25.4 Å². The molecule has 0 aromatic carbocycles. The number of rotatable bonds is 1. The van der Waals surface area contributed by atoms with Crippen molar-refractivity contribution < 1.29 is 9.53 Å². The molecule has 3 N–H and O–H groups in total. The van der Waals surface area contributed by atoms with Crippen LogP contribution in [0.15, 0.2) is 23.5 Å². The SMILES string of the molecule is CCOC(=O)N1CCC2(CC1)N=C(N)c1ccncc1N2. The van der Waals surface area contributed by atoms with Crippen LogP contribution in [0, 0.1) is 0 Å². The third-order valence-corrected chi connectivity index (χ3v) is 3.92. The Labute approximate surface area is 123 Å². The van der Waals surface area contributed by atoms with Crippen molar-refractivity contribution in [2.24, 2.45) is 10.7 Å². The van der Waals surface area contributed by atoms with Crippen LogP contribution in [0.4, 0.5) is 10.5 Å². The van der Waals surface area contributed by atoms with E-state index >= 15 is 0 Å². The van der Waals surface area contributed by atoms with E-state index in [2.05, 4.69) is 15.3 Å². The molecule has 1 spiro atoms. The summed E-state index contributed by atoms with van der Waals surface area (Å²) in [5.74, 6) is 0.524. The van der Waals surface area contributed by atoms with E-state index in [1.54, 1.807) is 24.2 Å². The number of amides is 1. The number of likely N-dealkylation sites (tertiary alicyclic amines) is 1. The Kier molecular flexibility index (Phi) is 3.40. The van der Waals surface area contributed by atoms with Crippen molar-refractivity contribution in [2.75, 3.05) is 25.0 Å². The first-order chi connectivity index (χ1) is 10.1. The number of nitrogens with two attached hydrogens (primary N) is 1.